The first-order chi connectivity index (χ1) is 6.65. The predicted octanol–water partition coefficient (Wildman–Crippen LogP) is 3.84. The fourth-order valence-electron chi connectivity index (χ4n) is 1.98. The largest absolute Gasteiger partial charge is 0.317 e. The highest BCUT2D eigenvalue weighted by Crippen LogP contribution is 2.36. The second-order valence-corrected chi connectivity index (χ2v) is 4.77. The van der Waals surface area contributed by atoms with Gasteiger partial charge in [0.2, 0.25) is 0 Å². The van der Waals surface area contributed by atoms with Crippen LogP contribution in [-0.4, -0.2) is 13.1 Å². The van der Waals surface area contributed by atoms with Crippen LogP contribution in [0.3, 0.4) is 0 Å². The molecule has 0 spiro atoms. The summed E-state index contributed by atoms with van der Waals surface area (Å²) in [6, 6.07) is 0. The van der Waals surface area contributed by atoms with Crippen molar-refractivity contribution in [1.29, 1.82) is 0 Å². The van der Waals surface area contributed by atoms with Crippen LogP contribution in [0, 0.1) is 11.3 Å². The van der Waals surface area contributed by atoms with Gasteiger partial charge in [0, 0.05) is 0 Å². The minimum atomic E-state index is 0.591. The minimum absolute atomic E-state index is 0.591. The molecule has 0 aromatic carbocycles. The van der Waals surface area contributed by atoms with E-state index in [0.717, 1.165) is 5.92 Å². The van der Waals surface area contributed by atoms with Crippen LogP contribution in [0.25, 0.3) is 0 Å². The molecule has 1 nitrogen and oxygen atoms in total. The van der Waals surface area contributed by atoms with Gasteiger partial charge in [0.1, 0.15) is 0 Å². The van der Waals surface area contributed by atoms with Crippen LogP contribution in [0.5, 0.6) is 0 Å². The van der Waals surface area contributed by atoms with E-state index in [0.29, 0.717) is 5.41 Å². The van der Waals surface area contributed by atoms with E-state index in [1.165, 1.54) is 38.8 Å². The third-order valence-electron chi connectivity index (χ3n) is 3.62. The van der Waals surface area contributed by atoms with Gasteiger partial charge in [-0.15, -0.1) is 0 Å². The first-order valence-electron chi connectivity index (χ1n) is 6.36. The Hall–Kier alpha value is -0.0400. The van der Waals surface area contributed by atoms with Crippen molar-refractivity contribution in [3.05, 3.63) is 0 Å². The highest BCUT2D eigenvalue weighted by molar-refractivity contribution is 4.80. The van der Waals surface area contributed by atoms with E-state index < -0.39 is 0 Å². The predicted molar refractivity (Wildman–Crippen MR) is 65.6 cm³/mol. The summed E-state index contributed by atoms with van der Waals surface area (Å²) in [5, 5.41) is 3.50. The van der Waals surface area contributed by atoms with Gasteiger partial charge in [-0.1, -0.05) is 41.0 Å². The molecule has 0 amide bonds. The molecule has 1 heteroatoms. The molecular formula is C13H29N. The Morgan fingerprint density at radius 1 is 1.00 bits per heavy atom. The van der Waals surface area contributed by atoms with Gasteiger partial charge in [-0.05, 0) is 43.7 Å². The van der Waals surface area contributed by atoms with E-state index >= 15 is 0 Å². The second kappa shape index (κ2) is 7.28. The van der Waals surface area contributed by atoms with Crippen molar-refractivity contribution in [2.75, 3.05) is 13.1 Å². The molecule has 1 saturated heterocycles. The SMILES string of the molecule is CC.CC(C)C1(C)CCCCNCC1. The Morgan fingerprint density at radius 3 is 2.21 bits per heavy atom. The third kappa shape index (κ3) is 4.45. The van der Waals surface area contributed by atoms with Gasteiger partial charge in [-0.25, -0.2) is 0 Å². The van der Waals surface area contributed by atoms with Crippen LogP contribution in [0.2, 0.25) is 0 Å². The lowest BCUT2D eigenvalue weighted by Gasteiger charge is -2.35. The molecule has 0 aliphatic carbocycles. The third-order valence-corrected chi connectivity index (χ3v) is 3.62. The minimum Gasteiger partial charge on any atom is -0.317 e. The molecule has 86 valence electrons. The van der Waals surface area contributed by atoms with Gasteiger partial charge in [0.05, 0.1) is 0 Å². The average Bonchev–Trinajstić information content (AvgIpc) is 2.15. The topological polar surface area (TPSA) is 12.0 Å². The van der Waals surface area contributed by atoms with Crippen LogP contribution in [0.4, 0.5) is 0 Å². The van der Waals surface area contributed by atoms with Crippen LogP contribution >= 0.6 is 0 Å². The molecule has 0 saturated carbocycles. The van der Waals surface area contributed by atoms with Gasteiger partial charge >= 0.3 is 0 Å². The summed E-state index contributed by atoms with van der Waals surface area (Å²) in [5.41, 5.74) is 0.591. The number of rotatable bonds is 1. The zero-order valence-electron chi connectivity index (χ0n) is 10.8. The van der Waals surface area contributed by atoms with Crippen LogP contribution in [0.1, 0.15) is 60.3 Å². The highest BCUT2D eigenvalue weighted by atomic mass is 14.8. The van der Waals surface area contributed by atoms with E-state index in [1.54, 1.807) is 0 Å². The molecule has 1 rings (SSSR count). The maximum absolute atomic E-state index is 3.50. The molecule has 1 N–H and O–H groups in total. The number of nitrogens with one attached hydrogen (secondary N) is 1. The van der Waals surface area contributed by atoms with Crippen molar-refractivity contribution in [2.24, 2.45) is 11.3 Å². The molecule has 1 fully saturated rings. The van der Waals surface area contributed by atoms with Crippen molar-refractivity contribution in [1.82, 2.24) is 5.32 Å². The lowest BCUT2D eigenvalue weighted by molar-refractivity contribution is 0.166. The summed E-state index contributed by atoms with van der Waals surface area (Å²) < 4.78 is 0. The van der Waals surface area contributed by atoms with Gasteiger partial charge in [-0.2, -0.15) is 0 Å². The molecule has 0 aromatic rings. The van der Waals surface area contributed by atoms with Gasteiger partial charge in [-0.3, -0.25) is 0 Å². The van der Waals surface area contributed by atoms with Gasteiger partial charge < -0.3 is 5.32 Å². The van der Waals surface area contributed by atoms with E-state index in [9.17, 15) is 0 Å². The van der Waals surface area contributed by atoms with Crippen molar-refractivity contribution < 1.29 is 0 Å². The van der Waals surface area contributed by atoms with Crippen LogP contribution < -0.4 is 5.32 Å². The molecule has 1 atom stereocenters. The maximum atomic E-state index is 3.50. The molecular weight excluding hydrogens is 170 g/mol. The van der Waals surface area contributed by atoms with Gasteiger partial charge in [0.25, 0.3) is 0 Å². The Morgan fingerprint density at radius 2 is 1.64 bits per heavy atom. The Labute approximate surface area is 90.7 Å². The summed E-state index contributed by atoms with van der Waals surface area (Å²) >= 11 is 0. The monoisotopic (exact) mass is 199 g/mol. The summed E-state index contributed by atoms with van der Waals surface area (Å²) in [4.78, 5) is 0. The lowest BCUT2D eigenvalue weighted by Crippen LogP contribution is -2.31. The number of hydrogen-bond acceptors (Lipinski definition) is 1. The van der Waals surface area contributed by atoms with Crippen LogP contribution in [0.15, 0.2) is 0 Å². The van der Waals surface area contributed by atoms with E-state index in [4.69, 9.17) is 0 Å². The Balaban J connectivity index is 0.000000791. The first kappa shape index (κ1) is 14.0. The van der Waals surface area contributed by atoms with Crippen molar-refractivity contribution >= 4 is 0 Å². The van der Waals surface area contributed by atoms with Gasteiger partial charge in [0.15, 0.2) is 0 Å². The molecule has 1 aliphatic rings. The summed E-state index contributed by atoms with van der Waals surface area (Å²) in [7, 11) is 0. The molecule has 0 bridgehead atoms. The summed E-state index contributed by atoms with van der Waals surface area (Å²) in [5.74, 6) is 0.831. The summed E-state index contributed by atoms with van der Waals surface area (Å²) in [6.45, 7) is 13.6. The molecule has 0 aromatic heterocycles. The van der Waals surface area contributed by atoms with Crippen molar-refractivity contribution in [2.45, 2.75) is 60.3 Å². The highest BCUT2D eigenvalue weighted by Gasteiger charge is 2.27. The normalized spacial score (nSPS) is 28.7. The van der Waals surface area contributed by atoms with Crippen molar-refractivity contribution in [3.8, 4) is 0 Å². The molecule has 1 heterocycles. The first-order valence-corrected chi connectivity index (χ1v) is 6.36. The molecule has 0 radical (unpaired) electrons. The molecule has 1 aliphatic heterocycles. The maximum Gasteiger partial charge on any atom is -0.00436 e. The van der Waals surface area contributed by atoms with Crippen molar-refractivity contribution in [3.63, 3.8) is 0 Å². The van der Waals surface area contributed by atoms with E-state index in [-0.39, 0.29) is 0 Å². The second-order valence-electron chi connectivity index (χ2n) is 4.77. The quantitative estimate of drug-likeness (QED) is 0.676. The lowest BCUT2D eigenvalue weighted by atomic mass is 9.72. The Bertz CT molecular complexity index is 121. The fourth-order valence-corrected chi connectivity index (χ4v) is 1.98. The fraction of sp³-hybridized carbons (Fsp3) is 1.00. The zero-order chi connectivity index (χ0) is 11.0. The summed E-state index contributed by atoms with van der Waals surface area (Å²) in [6.07, 6.45) is 5.54. The van der Waals surface area contributed by atoms with E-state index in [2.05, 4.69) is 26.1 Å². The van der Waals surface area contributed by atoms with E-state index in [1.807, 2.05) is 13.8 Å². The molecule has 1 unspecified atom stereocenters. The molecule has 14 heavy (non-hydrogen) atoms. The Kier molecular flexibility index (Phi) is 7.26. The smallest absolute Gasteiger partial charge is 0.00436 e. The average molecular weight is 199 g/mol. The number of hydrogen-bond donors (Lipinski definition) is 1. The van der Waals surface area contributed by atoms with Crippen LogP contribution in [-0.2, 0) is 0 Å². The standard InChI is InChI=1S/C11H23N.C2H6/c1-10(2)11(3)6-4-5-8-12-9-7-11;1-2/h10,12H,4-9H2,1-3H3;1-2H3. The zero-order valence-corrected chi connectivity index (χ0v) is 10.8.